The number of hydrogen-bond donors (Lipinski definition) is 2. The molecular formula is C7H11NO. The van der Waals surface area contributed by atoms with E-state index >= 15 is 0 Å². The second kappa shape index (κ2) is 1.88. The van der Waals surface area contributed by atoms with E-state index < -0.39 is 5.60 Å². The Labute approximate surface area is 54.5 Å². The van der Waals surface area contributed by atoms with Gasteiger partial charge in [-0.2, -0.15) is 0 Å². The van der Waals surface area contributed by atoms with Gasteiger partial charge in [-0.3, -0.25) is 0 Å². The maximum atomic E-state index is 9.35. The molecule has 0 aliphatic heterocycles. The average molecular weight is 125 g/mol. The van der Waals surface area contributed by atoms with Crippen LogP contribution in [0.2, 0.25) is 0 Å². The van der Waals surface area contributed by atoms with Crippen molar-refractivity contribution in [3.05, 3.63) is 24.0 Å². The van der Waals surface area contributed by atoms with E-state index in [9.17, 15) is 5.11 Å². The van der Waals surface area contributed by atoms with Crippen LogP contribution >= 0.6 is 0 Å². The topological polar surface area (TPSA) is 36.0 Å². The molecule has 0 fully saturated rings. The first-order valence-electron chi connectivity index (χ1n) is 2.97. The number of rotatable bonds is 1. The van der Waals surface area contributed by atoms with Gasteiger partial charge in [0, 0.05) is 11.9 Å². The molecule has 0 aliphatic rings. The maximum Gasteiger partial charge on any atom is 0.0987 e. The van der Waals surface area contributed by atoms with Gasteiger partial charge in [0.2, 0.25) is 0 Å². The highest BCUT2D eigenvalue weighted by atomic mass is 16.3. The van der Waals surface area contributed by atoms with Gasteiger partial charge >= 0.3 is 0 Å². The molecule has 0 spiro atoms. The van der Waals surface area contributed by atoms with Crippen LogP contribution in [-0.4, -0.2) is 10.1 Å². The first-order chi connectivity index (χ1) is 4.11. The molecule has 0 amide bonds. The van der Waals surface area contributed by atoms with Gasteiger partial charge in [0.25, 0.3) is 0 Å². The third kappa shape index (κ3) is 1.33. The van der Waals surface area contributed by atoms with E-state index in [1.807, 2.05) is 12.1 Å². The molecule has 1 aromatic heterocycles. The third-order valence-corrected chi connectivity index (χ3v) is 1.26. The summed E-state index contributed by atoms with van der Waals surface area (Å²) in [6.45, 7) is 3.50. The minimum atomic E-state index is -0.733. The lowest BCUT2D eigenvalue weighted by molar-refractivity contribution is 0.0744. The Kier molecular flexibility index (Phi) is 1.33. The summed E-state index contributed by atoms with van der Waals surface area (Å²) in [6.07, 6.45) is 1.80. The average Bonchev–Trinajstić information content (AvgIpc) is 2.08. The summed E-state index contributed by atoms with van der Waals surface area (Å²) in [7, 11) is 0. The smallest absolute Gasteiger partial charge is 0.0987 e. The molecule has 9 heavy (non-hydrogen) atoms. The van der Waals surface area contributed by atoms with Crippen LogP contribution in [0, 0.1) is 0 Å². The summed E-state index contributed by atoms with van der Waals surface area (Å²) in [4.78, 5) is 2.93. The predicted molar refractivity (Wildman–Crippen MR) is 36.0 cm³/mol. The largest absolute Gasteiger partial charge is 0.384 e. The van der Waals surface area contributed by atoms with Crippen LogP contribution in [0.25, 0.3) is 0 Å². The van der Waals surface area contributed by atoms with E-state index in [4.69, 9.17) is 0 Å². The summed E-state index contributed by atoms with van der Waals surface area (Å²) < 4.78 is 0. The molecule has 0 bridgehead atoms. The van der Waals surface area contributed by atoms with E-state index in [0.29, 0.717) is 0 Å². The van der Waals surface area contributed by atoms with Gasteiger partial charge in [0.1, 0.15) is 0 Å². The van der Waals surface area contributed by atoms with E-state index in [1.165, 1.54) is 0 Å². The summed E-state index contributed by atoms with van der Waals surface area (Å²) in [5.41, 5.74) is 0.117. The normalized spacial score (nSPS) is 11.9. The molecule has 0 aliphatic carbocycles. The summed E-state index contributed by atoms with van der Waals surface area (Å²) in [5, 5.41) is 9.35. The Morgan fingerprint density at radius 3 is 2.44 bits per heavy atom. The summed E-state index contributed by atoms with van der Waals surface area (Å²) >= 11 is 0. The summed E-state index contributed by atoms with van der Waals surface area (Å²) in [5.74, 6) is 0. The van der Waals surface area contributed by atoms with Crippen molar-refractivity contribution in [1.82, 2.24) is 4.98 Å². The molecule has 0 atom stereocenters. The second-order valence-corrected chi connectivity index (χ2v) is 2.64. The van der Waals surface area contributed by atoms with Crippen LogP contribution in [0.1, 0.15) is 19.5 Å². The van der Waals surface area contributed by atoms with Crippen LogP contribution < -0.4 is 0 Å². The van der Waals surface area contributed by atoms with Crippen molar-refractivity contribution >= 4 is 0 Å². The zero-order valence-electron chi connectivity index (χ0n) is 5.68. The molecule has 0 saturated heterocycles. The molecule has 1 heterocycles. The van der Waals surface area contributed by atoms with Crippen molar-refractivity contribution < 1.29 is 5.11 Å². The Bertz CT molecular complexity index is 171. The molecule has 1 aromatic rings. The van der Waals surface area contributed by atoms with Crippen LogP contribution in [-0.2, 0) is 5.60 Å². The van der Waals surface area contributed by atoms with Crippen molar-refractivity contribution in [3.63, 3.8) is 0 Å². The fraction of sp³-hybridized carbons (Fsp3) is 0.429. The molecule has 0 unspecified atom stereocenters. The molecular weight excluding hydrogens is 114 g/mol. The van der Waals surface area contributed by atoms with Crippen molar-refractivity contribution in [3.8, 4) is 0 Å². The molecule has 50 valence electrons. The van der Waals surface area contributed by atoms with Crippen LogP contribution in [0.15, 0.2) is 18.3 Å². The van der Waals surface area contributed by atoms with E-state index in [0.717, 1.165) is 5.69 Å². The van der Waals surface area contributed by atoms with Crippen LogP contribution in [0.4, 0.5) is 0 Å². The van der Waals surface area contributed by atoms with Gasteiger partial charge in [0.15, 0.2) is 0 Å². The molecule has 0 saturated carbocycles. The molecule has 0 aromatic carbocycles. The summed E-state index contributed by atoms with van der Waals surface area (Å²) in [6, 6.07) is 3.73. The zero-order valence-corrected chi connectivity index (χ0v) is 5.68. The predicted octanol–water partition coefficient (Wildman–Crippen LogP) is 1.24. The first-order valence-corrected chi connectivity index (χ1v) is 2.97. The minimum Gasteiger partial charge on any atom is -0.384 e. The molecule has 0 radical (unpaired) electrons. The first kappa shape index (κ1) is 6.36. The van der Waals surface area contributed by atoms with Gasteiger partial charge in [0.05, 0.1) is 5.60 Å². The fourth-order valence-electron chi connectivity index (χ4n) is 0.711. The van der Waals surface area contributed by atoms with Gasteiger partial charge in [-0.25, -0.2) is 0 Å². The zero-order chi connectivity index (χ0) is 6.91. The molecule has 2 nitrogen and oxygen atoms in total. The highest BCUT2D eigenvalue weighted by Crippen LogP contribution is 2.15. The highest BCUT2D eigenvalue weighted by molar-refractivity contribution is 5.10. The monoisotopic (exact) mass is 125 g/mol. The van der Waals surface area contributed by atoms with Gasteiger partial charge in [-0.15, -0.1) is 0 Å². The quantitative estimate of drug-likeness (QED) is 0.582. The van der Waals surface area contributed by atoms with Crippen molar-refractivity contribution in [2.45, 2.75) is 19.4 Å². The maximum absolute atomic E-state index is 9.35. The number of aromatic nitrogens is 1. The highest BCUT2D eigenvalue weighted by Gasteiger charge is 2.15. The van der Waals surface area contributed by atoms with E-state index in [-0.39, 0.29) is 0 Å². The standard InChI is InChI=1S/C7H11NO/c1-7(2,9)6-4-3-5-8-6/h3-5,8-9H,1-2H3. The Balaban J connectivity index is 2.90. The Morgan fingerprint density at radius 1 is 1.56 bits per heavy atom. The Hall–Kier alpha value is -0.760. The molecule has 1 rings (SSSR count). The van der Waals surface area contributed by atoms with Crippen molar-refractivity contribution in [2.75, 3.05) is 0 Å². The van der Waals surface area contributed by atoms with E-state index in [1.54, 1.807) is 20.0 Å². The third-order valence-electron chi connectivity index (χ3n) is 1.26. The van der Waals surface area contributed by atoms with Gasteiger partial charge in [-0.05, 0) is 26.0 Å². The number of aliphatic hydroxyl groups is 1. The lowest BCUT2D eigenvalue weighted by Gasteiger charge is -2.14. The molecule has 2 N–H and O–H groups in total. The fourth-order valence-corrected chi connectivity index (χ4v) is 0.711. The number of aromatic amines is 1. The lowest BCUT2D eigenvalue weighted by Crippen LogP contribution is -2.15. The van der Waals surface area contributed by atoms with Gasteiger partial charge < -0.3 is 10.1 Å². The Morgan fingerprint density at radius 2 is 2.22 bits per heavy atom. The van der Waals surface area contributed by atoms with Crippen LogP contribution in [0.3, 0.4) is 0 Å². The van der Waals surface area contributed by atoms with Gasteiger partial charge in [-0.1, -0.05) is 0 Å². The number of H-pyrrole nitrogens is 1. The van der Waals surface area contributed by atoms with Crippen molar-refractivity contribution in [1.29, 1.82) is 0 Å². The molecule has 2 heteroatoms. The van der Waals surface area contributed by atoms with Crippen LogP contribution in [0.5, 0.6) is 0 Å². The number of nitrogens with one attached hydrogen (secondary N) is 1. The second-order valence-electron chi connectivity index (χ2n) is 2.64. The lowest BCUT2D eigenvalue weighted by atomic mass is 10.1. The SMILES string of the molecule is CC(C)(O)c1ccc[nH]1. The number of hydrogen-bond acceptors (Lipinski definition) is 1. The van der Waals surface area contributed by atoms with Crippen molar-refractivity contribution in [2.24, 2.45) is 0 Å². The minimum absolute atomic E-state index is 0.733. The van der Waals surface area contributed by atoms with E-state index in [2.05, 4.69) is 4.98 Å².